The summed E-state index contributed by atoms with van der Waals surface area (Å²) in [6.45, 7) is 2.06. The Kier molecular flexibility index (Phi) is 4.50. The number of benzene rings is 1. The molecule has 0 aliphatic rings. The zero-order chi connectivity index (χ0) is 9.84. The molecule has 0 spiro atoms. The first-order valence-corrected chi connectivity index (χ1v) is 6.11. The van der Waals surface area contributed by atoms with Gasteiger partial charge in [0.15, 0.2) is 0 Å². The van der Waals surface area contributed by atoms with Crippen molar-refractivity contribution in [3.63, 3.8) is 0 Å². The van der Waals surface area contributed by atoms with Gasteiger partial charge < -0.3 is 0 Å². The molecule has 0 radical (unpaired) electrons. The van der Waals surface area contributed by atoms with Gasteiger partial charge in [-0.25, -0.2) is 0 Å². The van der Waals surface area contributed by atoms with Crippen molar-refractivity contribution in [2.45, 2.75) is 6.92 Å². The molecule has 1 rings (SSSR count). The average Bonchev–Trinajstić information content (AvgIpc) is 2.11. The van der Waals surface area contributed by atoms with Crippen molar-refractivity contribution >= 4 is 49.5 Å². The minimum atomic E-state index is 0.781. The van der Waals surface area contributed by atoms with Crippen LogP contribution in [0.4, 0.5) is 0 Å². The molecule has 0 saturated heterocycles. The Morgan fingerprint density at radius 1 is 1.54 bits per heavy atom. The van der Waals surface area contributed by atoms with Crippen molar-refractivity contribution in [2.24, 2.45) is 0 Å². The Balaban J connectivity index is 3.07. The molecule has 0 heterocycles. The largest absolute Gasteiger partial charge is 0.0880 e. The summed E-state index contributed by atoms with van der Waals surface area (Å²) in [6, 6.07) is 5.83. The third kappa shape index (κ3) is 3.45. The normalized spacial score (nSPS) is 11.8. The maximum atomic E-state index is 6.02. The van der Waals surface area contributed by atoms with Gasteiger partial charge in [-0.15, -0.1) is 0 Å². The van der Waals surface area contributed by atoms with Crippen LogP contribution in [0.3, 0.4) is 0 Å². The molecule has 0 aliphatic heterocycles. The molecule has 0 aliphatic carbocycles. The fourth-order valence-corrected chi connectivity index (χ4v) is 1.64. The molecule has 0 nitrogen and oxygen atoms in total. The number of hydrogen-bond donors (Lipinski definition) is 0. The van der Waals surface area contributed by atoms with Gasteiger partial charge >= 0.3 is 0 Å². The van der Waals surface area contributed by atoms with Crippen LogP contribution in [-0.2, 0) is 0 Å². The molecular formula is C10H9Br2Cl. The Bertz CT molecular complexity index is 332. The number of halogens is 3. The van der Waals surface area contributed by atoms with Gasteiger partial charge in [-0.1, -0.05) is 55.1 Å². The van der Waals surface area contributed by atoms with Crippen LogP contribution in [0.5, 0.6) is 0 Å². The Morgan fingerprint density at radius 2 is 2.23 bits per heavy atom. The summed E-state index contributed by atoms with van der Waals surface area (Å²) in [7, 11) is 0. The third-order valence-electron chi connectivity index (χ3n) is 1.57. The summed E-state index contributed by atoms with van der Waals surface area (Å²) < 4.78 is 1.05. The first kappa shape index (κ1) is 11.3. The molecule has 1 aromatic rings. The zero-order valence-electron chi connectivity index (χ0n) is 7.15. The van der Waals surface area contributed by atoms with E-state index in [1.165, 1.54) is 5.57 Å². The van der Waals surface area contributed by atoms with E-state index in [1.807, 2.05) is 18.2 Å². The molecule has 0 aromatic heterocycles. The second-order valence-electron chi connectivity index (χ2n) is 2.79. The summed E-state index contributed by atoms with van der Waals surface area (Å²) in [5, 5.41) is 1.65. The SMILES string of the molecule is C/C(=C/c1cc(Br)ccc1Cl)CBr. The minimum Gasteiger partial charge on any atom is -0.0880 e. The Hall–Kier alpha value is 0.210. The molecule has 3 heteroatoms. The van der Waals surface area contributed by atoms with E-state index in [-0.39, 0.29) is 0 Å². The summed E-state index contributed by atoms with van der Waals surface area (Å²) >= 11 is 12.8. The number of hydrogen-bond acceptors (Lipinski definition) is 0. The molecule has 0 saturated carbocycles. The second kappa shape index (κ2) is 5.18. The highest BCUT2D eigenvalue weighted by Gasteiger charge is 1.98. The van der Waals surface area contributed by atoms with Gasteiger partial charge in [0.1, 0.15) is 0 Å². The predicted molar refractivity (Wildman–Crippen MR) is 66.6 cm³/mol. The Morgan fingerprint density at radius 3 is 2.85 bits per heavy atom. The average molecular weight is 324 g/mol. The van der Waals surface area contributed by atoms with Crippen LogP contribution < -0.4 is 0 Å². The zero-order valence-corrected chi connectivity index (χ0v) is 11.1. The number of rotatable bonds is 2. The monoisotopic (exact) mass is 322 g/mol. The lowest BCUT2D eigenvalue weighted by Crippen LogP contribution is -1.80. The van der Waals surface area contributed by atoms with Crippen molar-refractivity contribution < 1.29 is 0 Å². The van der Waals surface area contributed by atoms with Crippen LogP contribution in [-0.4, -0.2) is 5.33 Å². The van der Waals surface area contributed by atoms with Crippen molar-refractivity contribution in [3.05, 3.63) is 38.8 Å². The predicted octanol–water partition coefficient (Wildman–Crippen LogP) is 4.90. The van der Waals surface area contributed by atoms with Crippen LogP contribution in [0.25, 0.3) is 6.08 Å². The van der Waals surface area contributed by atoms with Gasteiger partial charge in [0, 0.05) is 14.8 Å². The highest BCUT2D eigenvalue weighted by molar-refractivity contribution is 9.10. The molecule has 0 atom stereocenters. The molecular weight excluding hydrogens is 315 g/mol. The van der Waals surface area contributed by atoms with E-state index >= 15 is 0 Å². The quantitative estimate of drug-likeness (QED) is 0.679. The van der Waals surface area contributed by atoms with Crippen LogP contribution in [0.15, 0.2) is 28.2 Å². The van der Waals surface area contributed by atoms with Crippen LogP contribution in [0.1, 0.15) is 12.5 Å². The lowest BCUT2D eigenvalue weighted by molar-refractivity contribution is 1.45. The van der Waals surface area contributed by atoms with E-state index in [0.717, 1.165) is 20.4 Å². The molecule has 0 amide bonds. The van der Waals surface area contributed by atoms with E-state index in [9.17, 15) is 0 Å². The molecule has 70 valence electrons. The van der Waals surface area contributed by atoms with Crippen molar-refractivity contribution in [1.82, 2.24) is 0 Å². The molecule has 0 unspecified atom stereocenters. The summed E-state index contributed by atoms with van der Waals surface area (Å²) in [5.41, 5.74) is 2.30. The van der Waals surface area contributed by atoms with E-state index in [0.29, 0.717) is 0 Å². The van der Waals surface area contributed by atoms with Crippen LogP contribution in [0.2, 0.25) is 5.02 Å². The first-order valence-electron chi connectivity index (χ1n) is 3.81. The van der Waals surface area contributed by atoms with Gasteiger partial charge in [-0.2, -0.15) is 0 Å². The van der Waals surface area contributed by atoms with Crippen LogP contribution >= 0.6 is 43.5 Å². The third-order valence-corrected chi connectivity index (χ3v) is 3.29. The summed E-state index contributed by atoms with van der Waals surface area (Å²) in [6.07, 6.45) is 2.07. The van der Waals surface area contributed by atoms with Gasteiger partial charge in [0.25, 0.3) is 0 Å². The smallest absolute Gasteiger partial charge is 0.0479 e. The fraction of sp³-hybridized carbons (Fsp3) is 0.200. The van der Waals surface area contributed by atoms with Crippen molar-refractivity contribution in [1.29, 1.82) is 0 Å². The molecule has 0 fully saturated rings. The maximum absolute atomic E-state index is 6.02. The van der Waals surface area contributed by atoms with E-state index in [2.05, 4.69) is 44.9 Å². The van der Waals surface area contributed by atoms with Crippen molar-refractivity contribution in [3.8, 4) is 0 Å². The first-order chi connectivity index (χ1) is 6.13. The van der Waals surface area contributed by atoms with Gasteiger partial charge in [0.2, 0.25) is 0 Å². The van der Waals surface area contributed by atoms with Gasteiger partial charge in [0.05, 0.1) is 0 Å². The fourth-order valence-electron chi connectivity index (χ4n) is 0.929. The van der Waals surface area contributed by atoms with Gasteiger partial charge in [-0.05, 0) is 30.7 Å². The molecule has 0 bridgehead atoms. The van der Waals surface area contributed by atoms with Gasteiger partial charge in [-0.3, -0.25) is 0 Å². The lowest BCUT2D eigenvalue weighted by Gasteiger charge is -2.00. The number of alkyl halides is 1. The van der Waals surface area contributed by atoms with Crippen molar-refractivity contribution in [2.75, 3.05) is 5.33 Å². The minimum absolute atomic E-state index is 0.781. The molecule has 1 aromatic carbocycles. The molecule has 13 heavy (non-hydrogen) atoms. The van der Waals surface area contributed by atoms with E-state index in [4.69, 9.17) is 11.6 Å². The molecule has 0 N–H and O–H groups in total. The Labute approximate surface area is 100 Å². The van der Waals surface area contributed by atoms with E-state index in [1.54, 1.807) is 0 Å². The lowest BCUT2D eigenvalue weighted by atomic mass is 10.1. The number of allylic oxidation sites excluding steroid dienone is 1. The second-order valence-corrected chi connectivity index (χ2v) is 4.67. The highest BCUT2D eigenvalue weighted by Crippen LogP contribution is 2.23. The summed E-state index contributed by atoms with van der Waals surface area (Å²) in [4.78, 5) is 0. The van der Waals surface area contributed by atoms with E-state index < -0.39 is 0 Å². The van der Waals surface area contributed by atoms with Crippen LogP contribution in [0, 0.1) is 0 Å². The standard InChI is InChI=1S/C10H9Br2Cl/c1-7(6-11)4-8-5-9(12)2-3-10(8)13/h2-5H,6H2,1H3/b7-4-. The topological polar surface area (TPSA) is 0 Å². The summed E-state index contributed by atoms with van der Waals surface area (Å²) in [5.74, 6) is 0. The highest BCUT2D eigenvalue weighted by atomic mass is 79.9. The maximum Gasteiger partial charge on any atom is 0.0479 e.